The van der Waals surface area contributed by atoms with Gasteiger partial charge in [0.05, 0.1) is 30.4 Å². The van der Waals surface area contributed by atoms with Crippen LogP contribution in [-0.2, 0) is 18.5 Å². The van der Waals surface area contributed by atoms with Crippen molar-refractivity contribution < 1.29 is 13.9 Å². The number of furan rings is 1. The minimum Gasteiger partial charge on any atom is -0.492 e. The molecule has 0 aliphatic carbocycles. The average molecular weight is 432 g/mol. The standard InChI is InChI=1S/C26H29N3O3/c1-26(2,3)19-11-13-20(14-12-19)31-17-15-29-22-9-6-5-8-21(22)27-24(29)18-28(4)25(30)23-10-7-16-32-23/h5-14,16H,15,17-18H2,1-4H3. The van der Waals surface area contributed by atoms with Crippen LogP contribution in [0.4, 0.5) is 0 Å². The molecule has 4 rings (SSSR count). The Morgan fingerprint density at radius 1 is 1.06 bits per heavy atom. The van der Waals surface area contributed by atoms with Crippen molar-refractivity contribution in [2.45, 2.75) is 39.3 Å². The summed E-state index contributed by atoms with van der Waals surface area (Å²) in [6, 6.07) is 19.6. The van der Waals surface area contributed by atoms with E-state index in [-0.39, 0.29) is 11.3 Å². The predicted molar refractivity (Wildman–Crippen MR) is 125 cm³/mol. The lowest BCUT2D eigenvalue weighted by molar-refractivity contribution is 0.0748. The number of imidazole rings is 1. The van der Waals surface area contributed by atoms with Crippen molar-refractivity contribution in [3.05, 3.63) is 84.1 Å². The van der Waals surface area contributed by atoms with Gasteiger partial charge in [0.15, 0.2) is 5.76 Å². The van der Waals surface area contributed by atoms with Crippen LogP contribution in [0.2, 0.25) is 0 Å². The van der Waals surface area contributed by atoms with Crippen molar-refractivity contribution >= 4 is 16.9 Å². The summed E-state index contributed by atoms with van der Waals surface area (Å²) in [7, 11) is 1.75. The van der Waals surface area contributed by atoms with Crippen molar-refractivity contribution in [1.29, 1.82) is 0 Å². The van der Waals surface area contributed by atoms with E-state index in [1.807, 2.05) is 36.4 Å². The molecule has 0 atom stereocenters. The maximum absolute atomic E-state index is 12.6. The van der Waals surface area contributed by atoms with Crippen LogP contribution in [0.5, 0.6) is 5.75 Å². The molecule has 0 fully saturated rings. The first-order valence-corrected chi connectivity index (χ1v) is 10.8. The van der Waals surface area contributed by atoms with E-state index in [9.17, 15) is 4.79 Å². The van der Waals surface area contributed by atoms with Crippen LogP contribution in [-0.4, -0.2) is 34.0 Å². The molecule has 32 heavy (non-hydrogen) atoms. The van der Waals surface area contributed by atoms with Crippen molar-refractivity contribution in [3.63, 3.8) is 0 Å². The van der Waals surface area contributed by atoms with Gasteiger partial charge in [-0.2, -0.15) is 0 Å². The van der Waals surface area contributed by atoms with Gasteiger partial charge >= 0.3 is 0 Å². The Bertz CT molecular complexity index is 1190. The van der Waals surface area contributed by atoms with Gasteiger partial charge in [-0.25, -0.2) is 4.98 Å². The number of amides is 1. The van der Waals surface area contributed by atoms with E-state index in [1.165, 1.54) is 11.8 Å². The minimum atomic E-state index is -0.177. The number of carbonyl (C=O) groups excluding carboxylic acids is 1. The number of para-hydroxylation sites is 2. The van der Waals surface area contributed by atoms with Gasteiger partial charge in [0.1, 0.15) is 18.2 Å². The number of aromatic nitrogens is 2. The normalized spacial score (nSPS) is 11.6. The molecule has 2 aromatic heterocycles. The molecule has 2 heterocycles. The number of ether oxygens (including phenoxy) is 1. The highest BCUT2D eigenvalue weighted by Gasteiger charge is 2.19. The number of nitrogens with zero attached hydrogens (tertiary/aromatic N) is 3. The number of hydrogen-bond donors (Lipinski definition) is 0. The summed E-state index contributed by atoms with van der Waals surface area (Å²) in [5.74, 6) is 1.79. The second kappa shape index (κ2) is 8.91. The highest BCUT2D eigenvalue weighted by molar-refractivity contribution is 5.91. The Balaban J connectivity index is 1.48. The first-order valence-electron chi connectivity index (χ1n) is 10.8. The fourth-order valence-electron chi connectivity index (χ4n) is 3.67. The molecule has 6 nitrogen and oxygen atoms in total. The monoisotopic (exact) mass is 431 g/mol. The molecule has 0 radical (unpaired) electrons. The smallest absolute Gasteiger partial charge is 0.289 e. The fraction of sp³-hybridized carbons (Fsp3) is 0.308. The van der Waals surface area contributed by atoms with Crippen LogP contribution in [0.25, 0.3) is 11.0 Å². The lowest BCUT2D eigenvalue weighted by atomic mass is 9.87. The van der Waals surface area contributed by atoms with E-state index in [2.05, 4.69) is 37.5 Å². The lowest BCUT2D eigenvalue weighted by Crippen LogP contribution is -2.27. The molecule has 166 valence electrons. The van der Waals surface area contributed by atoms with Crippen LogP contribution in [0.1, 0.15) is 42.7 Å². The molecule has 2 aromatic carbocycles. The van der Waals surface area contributed by atoms with E-state index >= 15 is 0 Å². The maximum atomic E-state index is 12.6. The van der Waals surface area contributed by atoms with Gasteiger partial charge < -0.3 is 18.6 Å². The molecule has 0 spiro atoms. The molecule has 0 N–H and O–H groups in total. The number of hydrogen-bond acceptors (Lipinski definition) is 4. The second-order valence-corrected chi connectivity index (χ2v) is 8.93. The van der Waals surface area contributed by atoms with Crippen molar-refractivity contribution in [2.75, 3.05) is 13.7 Å². The maximum Gasteiger partial charge on any atom is 0.289 e. The Morgan fingerprint density at radius 2 is 1.81 bits per heavy atom. The molecule has 0 bridgehead atoms. The van der Waals surface area contributed by atoms with Crippen LogP contribution in [0, 0.1) is 0 Å². The Morgan fingerprint density at radius 3 is 2.50 bits per heavy atom. The number of fused-ring (bicyclic) bond motifs is 1. The zero-order valence-electron chi connectivity index (χ0n) is 19.0. The SMILES string of the molecule is CN(Cc1nc2ccccc2n1CCOc1ccc(C(C)(C)C)cc1)C(=O)c1ccco1. The molecule has 1 amide bonds. The summed E-state index contributed by atoms with van der Waals surface area (Å²) in [6.45, 7) is 8.08. The van der Waals surface area contributed by atoms with Gasteiger partial charge in [0.25, 0.3) is 5.91 Å². The highest BCUT2D eigenvalue weighted by atomic mass is 16.5. The zero-order valence-corrected chi connectivity index (χ0v) is 19.0. The van der Waals surface area contributed by atoms with Crippen LogP contribution in [0.3, 0.4) is 0 Å². The van der Waals surface area contributed by atoms with Gasteiger partial charge in [-0.15, -0.1) is 0 Å². The topological polar surface area (TPSA) is 60.5 Å². The first kappa shape index (κ1) is 21.7. The van der Waals surface area contributed by atoms with Crippen molar-refractivity contribution in [3.8, 4) is 5.75 Å². The Hall–Kier alpha value is -3.54. The molecule has 0 aliphatic heterocycles. The van der Waals surface area contributed by atoms with Crippen LogP contribution >= 0.6 is 0 Å². The summed E-state index contributed by atoms with van der Waals surface area (Å²) in [4.78, 5) is 19.0. The Kier molecular flexibility index (Phi) is 6.04. The van der Waals surface area contributed by atoms with E-state index in [1.54, 1.807) is 24.1 Å². The summed E-state index contributed by atoms with van der Waals surface area (Å²) >= 11 is 0. The third-order valence-corrected chi connectivity index (χ3v) is 5.49. The summed E-state index contributed by atoms with van der Waals surface area (Å²) in [6.07, 6.45) is 1.50. The van der Waals surface area contributed by atoms with Crippen LogP contribution in [0.15, 0.2) is 71.3 Å². The van der Waals surface area contributed by atoms with E-state index in [0.29, 0.717) is 25.5 Å². The fourth-order valence-corrected chi connectivity index (χ4v) is 3.67. The quantitative estimate of drug-likeness (QED) is 0.400. The molecular weight excluding hydrogens is 402 g/mol. The Labute approximate surface area is 188 Å². The van der Waals surface area contributed by atoms with Gasteiger partial charge in [-0.1, -0.05) is 45.0 Å². The number of benzene rings is 2. The number of rotatable bonds is 7. The third kappa shape index (κ3) is 4.69. The first-order chi connectivity index (χ1) is 15.3. The third-order valence-electron chi connectivity index (χ3n) is 5.49. The van der Waals surface area contributed by atoms with Gasteiger partial charge in [0, 0.05) is 7.05 Å². The van der Waals surface area contributed by atoms with Crippen LogP contribution < -0.4 is 4.74 Å². The molecule has 0 aliphatic rings. The van der Waals surface area contributed by atoms with Gasteiger partial charge in [-0.3, -0.25) is 4.79 Å². The summed E-state index contributed by atoms with van der Waals surface area (Å²) in [5, 5.41) is 0. The molecule has 6 heteroatoms. The molecule has 4 aromatic rings. The highest BCUT2D eigenvalue weighted by Crippen LogP contribution is 2.24. The second-order valence-electron chi connectivity index (χ2n) is 8.93. The summed E-state index contributed by atoms with van der Waals surface area (Å²) < 4.78 is 13.4. The average Bonchev–Trinajstić information content (AvgIpc) is 3.42. The van der Waals surface area contributed by atoms with E-state index in [4.69, 9.17) is 14.1 Å². The zero-order chi connectivity index (χ0) is 22.7. The molecular formula is C26H29N3O3. The van der Waals surface area contributed by atoms with Gasteiger partial charge in [0.2, 0.25) is 0 Å². The van der Waals surface area contributed by atoms with Gasteiger partial charge in [-0.05, 0) is 47.4 Å². The van der Waals surface area contributed by atoms with Crippen molar-refractivity contribution in [1.82, 2.24) is 14.5 Å². The van der Waals surface area contributed by atoms with E-state index in [0.717, 1.165) is 22.6 Å². The minimum absolute atomic E-state index is 0.113. The number of carbonyl (C=O) groups is 1. The van der Waals surface area contributed by atoms with Crippen molar-refractivity contribution in [2.24, 2.45) is 0 Å². The molecule has 0 unspecified atom stereocenters. The lowest BCUT2D eigenvalue weighted by Gasteiger charge is -2.19. The molecule has 0 saturated heterocycles. The van der Waals surface area contributed by atoms with E-state index < -0.39 is 0 Å². The predicted octanol–water partition coefficient (Wildman–Crippen LogP) is 5.28. The molecule has 0 saturated carbocycles. The largest absolute Gasteiger partial charge is 0.492 e. The summed E-state index contributed by atoms with van der Waals surface area (Å²) in [5.41, 5.74) is 3.31.